The first kappa shape index (κ1) is 22.1. The van der Waals surface area contributed by atoms with Crippen LogP contribution in [0.1, 0.15) is 31.2 Å². The summed E-state index contributed by atoms with van der Waals surface area (Å²) in [5.41, 5.74) is 1.58. The molecule has 1 amide bonds. The van der Waals surface area contributed by atoms with E-state index in [-0.39, 0.29) is 23.3 Å². The zero-order valence-corrected chi connectivity index (χ0v) is 18.4. The number of benzene rings is 2. The topological polar surface area (TPSA) is 84.9 Å². The Kier molecular flexibility index (Phi) is 6.99. The third-order valence-electron chi connectivity index (χ3n) is 5.29. The minimum atomic E-state index is -3.70. The Morgan fingerprint density at radius 2 is 1.83 bits per heavy atom. The lowest BCUT2D eigenvalue weighted by atomic mass is 10.0. The normalized spacial score (nSPS) is 17.4. The number of anilines is 1. The standard InChI is InChI=1S/C22H28N2O5S/c1-16-7-12-21(29-3)20(14-16)23-22(25)15-17-6-4-5-13-24(17)30(26,27)19-10-8-18(28-2)9-11-19/h7-12,14,17H,4-6,13,15H2,1-3H3,(H,23,25)/t17-/m1/s1. The van der Waals surface area contributed by atoms with Crippen molar-refractivity contribution in [2.45, 2.75) is 43.5 Å². The number of amides is 1. The van der Waals surface area contributed by atoms with Crippen molar-refractivity contribution in [1.82, 2.24) is 4.31 Å². The van der Waals surface area contributed by atoms with E-state index in [9.17, 15) is 13.2 Å². The monoisotopic (exact) mass is 432 g/mol. The Labute approximate surface area is 178 Å². The van der Waals surface area contributed by atoms with E-state index in [4.69, 9.17) is 9.47 Å². The Morgan fingerprint density at radius 3 is 2.50 bits per heavy atom. The lowest BCUT2D eigenvalue weighted by molar-refractivity contribution is -0.117. The van der Waals surface area contributed by atoms with E-state index in [2.05, 4.69) is 5.32 Å². The lowest BCUT2D eigenvalue weighted by Crippen LogP contribution is -2.45. The molecule has 1 N–H and O–H groups in total. The predicted molar refractivity (Wildman–Crippen MR) is 116 cm³/mol. The first-order valence-electron chi connectivity index (χ1n) is 9.95. The Morgan fingerprint density at radius 1 is 1.10 bits per heavy atom. The van der Waals surface area contributed by atoms with Crippen LogP contribution in [0.2, 0.25) is 0 Å². The molecule has 0 bridgehead atoms. The van der Waals surface area contributed by atoms with Crippen LogP contribution in [0.5, 0.6) is 11.5 Å². The van der Waals surface area contributed by atoms with Crippen LogP contribution in [0, 0.1) is 6.92 Å². The van der Waals surface area contributed by atoms with Crippen molar-refractivity contribution in [2.75, 3.05) is 26.1 Å². The molecule has 1 atom stereocenters. The van der Waals surface area contributed by atoms with Gasteiger partial charge in [-0.15, -0.1) is 0 Å². The van der Waals surface area contributed by atoms with Crippen molar-refractivity contribution in [3.63, 3.8) is 0 Å². The van der Waals surface area contributed by atoms with Gasteiger partial charge in [0.25, 0.3) is 0 Å². The van der Waals surface area contributed by atoms with Crippen LogP contribution >= 0.6 is 0 Å². The SMILES string of the molecule is COc1ccc(S(=O)(=O)N2CCCC[C@@H]2CC(=O)Nc2cc(C)ccc2OC)cc1. The fourth-order valence-electron chi connectivity index (χ4n) is 3.71. The summed E-state index contributed by atoms with van der Waals surface area (Å²) in [6, 6.07) is 11.5. The smallest absolute Gasteiger partial charge is 0.243 e. The largest absolute Gasteiger partial charge is 0.497 e. The van der Waals surface area contributed by atoms with Gasteiger partial charge in [-0.25, -0.2) is 8.42 Å². The third-order valence-corrected chi connectivity index (χ3v) is 7.26. The number of methoxy groups -OCH3 is 2. The maximum Gasteiger partial charge on any atom is 0.243 e. The molecule has 162 valence electrons. The molecule has 0 spiro atoms. The van der Waals surface area contributed by atoms with E-state index in [1.165, 1.54) is 23.5 Å². The second-order valence-corrected chi connectivity index (χ2v) is 9.29. The second kappa shape index (κ2) is 9.49. The minimum Gasteiger partial charge on any atom is -0.497 e. The highest BCUT2D eigenvalue weighted by Gasteiger charge is 2.34. The molecule has 1 aliphatic heterocycles. The van der Waals surface area contributed by atoms with Crippen molar-refractivity contribution in [3.8, 4) is 11.5 Å². The van der Waals surface area contributed by atoms with Crippen LogP contribution in [0.15, 0.2) is 47.4 Å². The summed E-state index contributed by atoms with van der Waals surface area (Å²) in [5.74, 6) is 0.927. The van der Waals surface area contributed by atoms with Crippen LogP contribution < -0.4 is 14.8 Å². The summed E-state index contributed by atoms with van der Waals surface area (Å²) in [7, 11) is -0.621. The molecule has 8 heteroatoms. The highest BCUT2D eigenvalue weighted by molar-refractivity contribution is 7.89. The Hall–Kier alpha value is -2.58. The highest BCUT2D eigenvalue weighted by atomic mass is 32.2. The number of hydrogen-bond acceptors (Lipinski definition) is 5. The molecule has 0 unspecified atom stereocenters. The number of carbonyl (C=O) groups excluding carboxylic acids is 1. The Balaban J connectivity index is 1.77. The van der Waals surface area contributed by atoms with Gasteiger partial charge in [-0.3, -0.25) is 4.79 Å². The molecule has 0 aromatic heterocycles. The second-order valence-electron chi connectivity index (χ2n) is 7.40. The molecule has 30 heavy (non-hydrogen) atoms. The van der Waals surface area contributed by atoms with E-state index in [0.717, 1.165) is 18.4 Å². The molecule has 7 nitrogen and oxygen atoms in total. The van der Waals surface area contributed by atoms with Crippen molar-refractivity contribution in [1.29, 1.82) is 0 Å². The molecule has 0 saturated carbocycles. The first-order valence-corrected chi connectivity index (χ1v) is 11.4. The number of piperidine rings is 1. The molecular formula is C22H28N2O5S. The summed E-state index contributed by atoms with van der Waals surface area (Å²) in [4.78, 5) is 13.0. The molecule has 1 aliphatic rings. The average molecular weight is 433 g/mol. The lowest BCUT2D eigenvalue weighted by Gasteiger charge is -2.34. The highest BCUT2D eigenvalue weighted by Crippen LogP contribution is 2.29. The van der Waals surface area contributed by atoms with E-state index in [1.54, 1.807) is 25.3 Å². The van der Waals surface area contributed by atoms with Gasteiger partial charge in [-0.05, 0) is 61.7 Å². The number of rotatable bonds is 7. The zero-order chi connectivity index (χ0) is 21.7. The van der Waals surface area contributed by atoms with E-state index in [1.807, 2.05) is 19.1 Å². The van der Waals surface area contributed by atoms with Crippen LogP contribution in [-0.4, -0.2) is 45.4 Å². The summed E-state index contributed by atoms with van der Waals surface area (Å²) in [6.45, 7) is 2.33. The van der Waals surface area contributed by atoms with Gasteiger partial charge in [0.05, 0.1) is 24.8 Å². The number of sulfonamides is 1. The molecule has 0 radical (unpaired) electrons. The van der Waals surface area contributed by atoms with Crippen LogP contribution in [-0.2, 0) is 14.8 Å². The third kappa shape index (κ3) is 4.94. The minimum absolute atomic E-state index is 0.0898. The van der Waals surface area contributed by atoms with E-state index in [0.29, 0.717) is 30.2 Å². The summed E-state index contributed by atoms with van der Waals surface area (Å²) in [6.07, 6.45) is 2.40. The molecule has 3 rings (SSSR count). The quantitative estimate of drug-likeness (QED) is 0.723. The van der Waals surface area contributed by atoms with Gasteiger partial charge in [0.15, 0.2) is 0 Å². The zero-order valence-electron chi connectivity index (χ0n) is 17.6. The van der Waals surface area contributed by atoms with Crippen molar-refractivity contribution < 1.29 is 22.7 Å². The maximum atomic E-state index is 13.2. The fraction of sp³-hybridized carbons (Fsp3) is 0.409. The van der Waals surface area contributed by atoms with Crippen molar-refractivity contribution in [2.24, 2.45) is 0 Å². The van der Waals surface area contributed by atoms with E-state index >= 15 is 0 Å². The van der Waals surface area contributed by atoms with Gasteiger partial charge in [0.2, 0.25) is 15.9 Å². The van der Waals surface area contributed by atoms with Gasteiger partial charge in [-0.1, -0.05) is 12.5 Å². The number of aryl methyl sites for hydroxylation is 1. The van der Waals surface area contributed by atoms with Crippen molar-refractivity contribution >= 4 is 21.6 Å². The fourth-order valence-corrected chi connectivity index (χ4v) is 5.41. The molecule has 1 saturated heterocycles. The number of nitrogens with one attached hydrogen (secondary N) is 1. The molecule has 1 fully saturated rings. The summed E-state index contributed by atoms with van der Waals surface area (Å²) < 4.78 is 38.3. The molecule has 2 aromatic rings. The number of hydrogen-bond donors (Lipinski definition) is 1. The Bertz CT molecular complexity index is 989. The summed E-state index contributed by atoms with van der Waals surface area (Å²) >= 11 is 0. The number of carbonyl (C=O) groups is 1. The molecule has 0 aliphatic carbocycles. The van der Waals surface area contributed by atoms with Gasteiger partial charge >= 0.3 is 0 Å². The molecule has 2 aromatic carbocycles. The average Bonchev–Trinajstić information content (AvgIpc) is 2.74. The molecular weight excluding hydrogens is 404 g/mol. The maximum absolute atomic E-state index is 13.2. The van der Waals surface area contributed by atoms with Gasteiger partial charge in [-0.2, -0.15) is 4.31 Å². The van der Waals surface area contributed by atoms with Crippen LogP contribution in [0.3, 0.4) is 0 Å². The number of nitrogens with zero attached hydrogens (tertiary/aromatic N) is 1. The van der Waals surface area contributed by atoms with Gasteiger partial charge in [0, 0.05) is 19.0 Å². The predicted octanol–water partition coefficient (Wildman–Crippen LogP) is 3.58. The van der Waals surface area contributed by atoms with Crippen LogP contribution in [0.4, 0.5) is 5.69 Å². The first-order chi connectivity index (χ1) is 14.3. The van der Waals surface area contributed by atoms with Gasteiger partial charge < -0.3 is 14.8 Å². The van der Waals surface area contributed by atoms with Crippen LogP contribution in [0.25, 0.3) is 0 Å². The number of ether oxygens (including phenoxy) is 2. The van der Waals surface area contributed by atoms with Gasteiger partial charge in [0.1, 0.15) is 11.5 Å². The molecule has 1 heterocycles. The summed E-state index contributed by atoms with van der Waals surface area (Å²) in [5, 5.41) is 2.87. The van der Waals surface area contributed by atoms with Crippen molar-refractivity contribution in [3.05, 3.63) is 48.0 Å². The van der Waals surface area contributed by atoms with E-state index < -0.39 is 10.0 Å².